The smallest absolute Gasteiger partial charge is 0.322 e. The first kappa shape index (κ1) is 17.4. The van der Waals surface area contributed by atoms with Crippen molar-refractivity contribution in [2.75, 3.05) is 38.6 Å². The summed E-state index contributed by atoms with van der Waals surface area (Å²) in [7, 11) is 1.58. The van der Waals surface area contributed by atoms with Gasteiger partial charge < -0.3 is 15.0 Å². The van der Waals surface area contributed by atoms with Gasteiger partial charge >= 0.3 is 6.03 Å². The summed E-state index contributed by atoms with van der Waals surface area (Å²) in [5, 5.41) is 3.60. The van der Waals surface area contributed by atoms with E-state index in [0.717, 1.165) is 37.8 Å². The summed E-state index contributed by atoms with van der Waals surface area (Å²) in [5.74, 6) is 0.587. The standard InChI is InChI=1S/C18H26ClN3O2/c1-13-11-16(17(24-2)12-15(13)19)20-18(23)22-9-7-21(8-10-22)14-5-3-4-6-14/h11-12,14H,3-10H2,1-2H3,(H,20,23). The lowest BCUT2D eigenvalue weighted by Gasteiger charge is -2.38. The highest BCUT2D eigenvalue weighted by atomic mass is 35.5. The van der Waals surface area contributed by atoms with E-state index in [2.05, 4.69) is 10.2 Å². The molecular formula is C18H26ClN3O2. The Bertz CT molecular complexity index is 594. The second-order valence-corrected chi connectivity index (χ2v) is 7.10. The zero-order valence-electron chi connectivity index (χ0n) is 14.5. The van der Waals surface area contributed by atoms with Crippen LogP contribution in [0, 0.1) is 6.92 Å². The summed E-state index contributed by atoms with van der Waals surface area (Å²) >= 11 is 6.12. The number of ether oxygens (including phenoxy) is 1. The molecule has 24 heavy (non-hydrogen) atoms. The number of amides is 2. The number of carbonyl (C=O) groups excluding carboxylic acids is 1. The summed E-state index contributed by atoms with van der Waals surface area (Å²) in [6.07, 6.45) is 5.32. The van der Waals surface area contributed by atoms with Crippen LogP contribution >= 0.6 is 11.6 Å². The molecule has 5 nitrogen and oxygen atoms in total. The van der Waals surface area contributed by atoms with Crippen LogP contribution in [0.3, 0.4) is 0 Å². The number of hydrogen-bond donors (Lipinski definition) is 1. The molecule has 2 aliphatic rings. The molecule has 0 aromatic heterocycles. The lowest BCUT2D eigenvalue weighted by atomic mass is 10.2. The van der Waals surface area contributed by atoms with Gasteiger partial charge in [-0.05, 0) is 31.4 Å². The number of nitrogens with one attached hydrogen (secondary N) is 1. The zero-order valence-corrected chi connectivity index (χ0v) is 15.2. The normalized spacial score (nSPS) is 19.5. The first-order valence-electron chi connectivity index (χ1n) is 8.72. The fraction of sp³-hybridized carbons (Fsp3) is 0.611. The van der Waals surface area contributed by atoms with Crippen LogP contribution in [0.1, 0.15) is 31.2 Å². The summed E-state index contributed by atoms with van der Waals surface area (Å²) in [6.45, 7) is 5.40. The maximum atomic E-state index is 12.6. The Balaban J connectivity index is 1.59. The van der Waals surface area contributed by atoms with Gasteiger partial charge in [0.1, 0.15) is 5.75 Å². The summed E-state index contributed by atoms with van der Waals surface area (Å²) in [4.78, 5) is 17.0. The van der Waals surface area contributed by atoms with Crippen molar-refractivity contribution >= 4 is 23.3 Å². The van der Waals surface area contributed by atoms with E-state index < -0.39 is 0 Å². The van der Waals surface area contributed by atoms with Crippen molar-refractivity contribution in [2.45, 2.75) is 38.6 Å². The number of benzene rings is 1. The van der Waals surface area contributed by atoms with E-state index in [1.54, 1.807) is 13.2 Å². The number of hydrogen-bond acceptors (Lipinski definition) is 3. The number of methoxy groups -OCH3 is 1. The van der Waals surface area contributed by atoms with E-state index in [-0.39, 0.29) is 6.03 Å². The molecule has 0 spiro atoms. The van der Waals surface area contributed by atoms with Crippen LogP contribution < -0.4 is 10.1 Å². The van der Waals surface area contributed by atoms with Gasteiger partial charge in [0, 0.05) is 43.3 Å². The van der Waals surface area contributed by atoms with Crippen molar-refractivity contribution in [2.24, 2.45) is 0 Å². The highest BCUT2D eigenvalue weighted by molar-refractivity contribution is 6.31. The van der Waals surface area contributed by atoms with Crippen molar-refractivity contribution in [1.29, 1.82) is 0 Å². The second kappa shape index (κ2) is 7.62. The highest BCUT2D eigenvalue weighted by Crippen LogP contribution is 2.31. The van der Waals surface area contributed by atoms with Gasteiger partial charge in [-0.3, -0.25) is 4.90 Å². The van der Waals surface area contributed by atoms with Crippen LogP contribution in [0.15, 0.2) is 12.1 Å². The molecule has 0 radical (unpaired) electrons. The molecule has 1 aliphatic heterocycles. The van der Waals surface area contributed by atoms with E-state index >= 15 is 0 Å². The third kappa shape index (κ3) is 3.78. The molecule has 132 valence electrons. The lowest BCUT2D eigenvalue weighted by Crippen LogP contribution is -2.52. The Kier molecular flexibility index (Phi) is 5.51. The number of carbonyl (C=O) groups is 1. The minimum absolute atomic E-state index is 0.0684. The van der Waals surface area contributed by atoms with Gasteiger partial charge in [-0.25, -0.2) is 4.79 Å². The molecule has 1 saturated heterocycles. The molecule has 3 rings (SSSR count). The van der Waals surface area contributed by atoms with Crippen LogP contribution in [0.25, 0.3) is 0 Å². The molecule has 0 unspecified atom stereocenters. The summed E-state index contributed by atoms with van der Waals surface area (Å²) < 4.78 is 5.33. The van der Waals surface area contributed by atoms with Gasteiger partial charge in [-0.15, -0.1) is 0 Å². The minimum Gasteiger partial charge on any atom is -0.495 e. The topological polar surface area (TPSA) is 44.8 Å². The van der Waals surface area contributed by atoms with Gasteiger partial charge in [-0.2, -0.15) is 0 Å². The lowest BCUT2D eigenvalue weighted by molar-refractivity contribution is 0.115. The van der Waals surface area contributed by atoms with Gasteiger partial charge in [0.15, 0.2) is 0 Å². The van der Waals surface area contributed by atoms with Crippen LogP contribution in [0.4, 0.5) is 10.5 Å². The first-order chi connectivity index (χ1) is 11.6. The maximum absolute atomic E-state index is 12.6. The Hall–Kier alpha value is -1.46. The van der Waals surface area contributed by atoms with E-state index in [4.69, 9.17) is 16.3 Å². The van der Waals surface area contributed by atoms with Gasteiger partial charge in [0.2, 0.25) is 0 Å². The fourth-order valence-corrected chi connectivity index (χ4v) is 3.84. The largest absolute Gasteiger partial charge is 0.495 e. The molecule has 6 heteroatoms. The predicted octanol–water partition coefficient (Wildman–Crippen LogP) is 3.75. The molecule has 1 aliphatic carbocycles. The average Bonchev–Trinajstić information content (AvgIpc) is 3.12. The Labute approximate surface area is 148 Å². The number of urea groups is 1. The van der Waals surface area contributed by atoms with Gasteiger partial charge in [0.05, 0.1) is 12.8 Å². The van der Waals surface area contributed by atoms with Gasteiger partial charge in [0.25, 0.3) is 0 Å². The Morgan fingerprint density at radius 1 is 1.21 bits per heavy atom. The SMILES string of the molecule is COc1cc(Cl)c(C)cc1NC(=O)N1CCN(C2CCCC2)CC1. The van der Waals surface area contributed by atoms with Crippen LogP contribution in [0.2, 0.25) is 5.02 Å². The number of rotatable bonds is 3. The summed E-state index contributed by atoms with van der Waals surface area (Å²) in [5.41, 5.74) is 1.58. The highest BCUT2D eigenvalue weighted by Gasteiger charge is 2.28. The minimum atomic E-state index is -0.0684. The van der Waals surface area contributed by atoms with Crippen LogP contribution in [-0.4, -0.2) is 55.2 Å². The molecule has 1 heterocycles. The molecule has 0 atom stereocenters. The molecule has 0 bridgehead atoms. The van der Waals surface area contributed by atoms with Crippen molar-refractivity contribution < 1.29 is 9.53 Å². The number of aryl methyl sites for hydroxylation is 1. The summed E-state index contributed by atoms with van der Waals surface area (Å²) in [6, 6.07) is 4.26. The molecule has 1 N–H and O–H groups in total. The monoisotopic (exact) mass is 351 g/mol. The molecular weight excluding hydrogens is 326 g/mol. The zero-order chi connectivity index (χ0) is 17.1. The first-order valence-corrected chi connectivity index (χ1v) is 9.10. The van der Waals surface area contributed by atoms with E-state index in [1.807, 2.05) is 17.9 Å². The second-order valence-electron chi connectivity index (χ2n) is 6.69. The molecule has 2 amide bonds. The Morgan fingerprint density at radius 2 is 1.88 bits per heavy atom. The average molecular weight is 352 g/mol. The number of nitrogens with zero attached hydrogens (tertiary/aromatic N) is 2. The predicted molar refractivity (Wildman–Crippen MR) is 97.2 cm³/mol. The molecule has 1 saturated carbocycles. The van der Waals surface area contributed by atoms with E-state index in [9.17, 15) is 4.79 Å². The van der Waals surface area contributed by atoms with Gasteiger partial charge in [-0.1, -0.05) is 24.4 Å². The fourth-order valence-electron chi connectivity index (χ4n) is 3.68. The number of anilines is 1. The molecule has 1 aromatic carbocycles. The molecule has 1 aromatic rings. The maximum Gasteiger partial charge on any atom is 0.322 e. The van der Waals surface area contributed by atoms with Crippen molar-refractivity contribution in [3.8, 4) is 5.75 Å². The van der Waals surface area contributed by atoms with Crippen molar-refractivity contribution in [3.63, 3.8) is 0 Å². The van der Waals surface area contributed by atoms with Crippen molar-refractivity contribution in [3.05, 3.63) is 22.7 Å². The van der Waals surface area contributed by atoms with E-state index in [0.29, 0.717) is 16.5 Å². The van der Waals surface area contributed by atoms with E-state index in [1.165, 1.54) is 25.7 Å². The molecule has 2 fully saturated rings. The number of piperazine rings is 1. The number of halogens is 1. The third-order valence-electron chi connectivity index (χ3n) is 5.16. The van der Waals surface area contributed by atoms with Crippen LogP contribution in [-0.2, 0) is 0 Å². The van der Waals surface area contributed by atoms with Crippen molar-refractivity contribution in [1.82, 2.24) is 9.80 Å². The van der Waals surface area contributed by atoms with Crippen LogP contribution in [0.5, 0.6) is 5.75 Å². The quantitative estimate of drug-likeness (QED) is 0.902. The Morgan fingerprint density at radius 3 is 2.50 bits per heavy atom. The third-order valence-corrected chi connectivity index (χ3v) is 5.57.